The van der Waals surface area contributed by atoms with Crippen LogP contribution >= 0.6 is 0 Å². The van der Waals surface area contributed by atoms with Crippen LogP contribution in [0, 0.1) is 5.92 Å². The molecule has 22 heteroatoms. The number of hydrogen-bond donors (Lipinski definition) is 14. The SMILES string of the molecule is C[C@@H]1C[C@@H](CO)N(C(=O)CCCCCNC(=O)[C@H](CCCCNC(=O)CCCCOCC(O)C(O)C(O)C(O)CO)NC(=O)CCCCOCC(O)C(O)C(O)C(O)CO)C1.[Y]. The van der Waals surface area contributed by atoms with Crippen molar-refractivity contribution in [2.45, 2.75) is 158 Å². The zero-order valence-corrected chi connectivity index (χ0v) is 39.1. The van der Waals surface area contributed by atoms with E-state index in [0.29, 0.717) is 96.2 Å². The van der Waals surface area contributed by atoms with Crippen LogP contribution in [-0.4, -0.2) is 211 Å². The van der Waals surface area contributed by atoms with Crippen molar-refractivity contribution in [1.82, 2.24) is 20.9 Å². The van der Waals surface area contributed by atoms with Crippen LogP contribution in [0.5, 0.6) is 0 Å². The van der Waals surface area contributed by atoms with Crippen molar-refractivity contribution in [2.24, 2.45) is 5.92 Å². The van der Waals surface area contributed by atoms with Gasteiger partial charge in [-0.3, -0.25) is 19.2 Å². The van der Waals surface area contributed by atoms with E-state index in [1.54, 1.807) is 4.90 Å². The van der Waals surface area contributed by atoms with E-state index in [2.05, 4.69) is 22.9 Å². The number of carbonyl (C=O) groups is 4. The number of amides is 4. The number of aliphatic hydroxyl groups is 11. The third-order valence-electron chi connectivity index (χ3n) is 10.5. The van der Waals surface area contributed by atoms with Gasteiger partial charge in [0.2, 0.25) is 23.6 Å². The first-order valence-corrected chi connectivity index (χ1v) is 21.6. The van der Waals surface area contributed by atoms with E-state index in [-0.39, 0.29) is 108 Å². The number of nitrogens with zero attached hydrogens (tertiary/aromatic N) is 1. The third kappa shape index (κ3) is 25.2. The molecule has 1 fully saturated rings. The molecule has 1 radical (unpaired) electrons. The molecule has 1 aliphatic heterocycles. The Bertz CT molecular complexity index is 1220. The van der Waals surface area contributed by atoms with Crippen LogP contribution in [0.1, 0.15) is 96.8 Å². The van der Waals surface area contributed by atoms with Gasteiger partial charge in [0.25, 0.3) is 0 Å². The van der Waals surface area contributed by atoms with Gasteiger partial charge in [-0.05, 0) is 70.1 Å². The molecule has 14 N–H and O–H groups in total. The molecule has 0 aromatic rings. The summed E-state index contributed by atoms with van der Waals surface area (Å²) in [5.74, 6) is -0.565. The molecule has 1 saturated heterocycles. The molecule has 0 bridgehead atoms. The molecule has 361 valence electrons. The Balaban J connectivity index is 0.0000372. The first kappa shape index (κ1) is 60.5. The van der Waals surface area contributed by atoms with Crippen molar-refractivity contribution in [3.8, 4) is 0 Å². The maximum atomic E-state index is 13.2. The Morgan fingerprint density at radius 3 is 1.63 bits per heavy atom. The van der Waals surface area contributed by atoms with Crippen molar-refractivity contribution in [2.75, 3.05) is 65.9 Å². The zero-order valence-electron chi connectivity index (χ0n) is 36.2. The minimum absolute atomic E-state index is 0. The molecular weight excluding hydrogens is 897 g/mol. The first-order chi connectivity index (χ1) is 29.1. The number of nitrogens with one attached hydrogen (secondary N) is 3. The number of ether oxygens (including phenoxy) is 2. The number of carbonyl (C=O) groups excluding carboxylic acids is 4. The minimum Gasteiger partial charge on any atom is -0.394 e. The Morgan fingerprint density at radius 2 is 1.10 bits per heavy atom. The topological polar surface area (TPSA) is 349 Å². The molecule has 0 aromatic carbocycles. The summed E-state index contributed by atoms with van der Waals surface area (Å²) in [5.41, 5.74) is 0. The van der Waals surface area contributed by atoms with Crippen molar-refractivity contribution in [3.05, 3.63) is 0 Å². The number of aliphatic hydroxyl groups excluding tert-OH is 11. The summed E-state index contributed by atoms with van der Waals surface area (Å²) in [4.78, 5) is 52.7. The van der Waals surface area contributed by atoms with Crippen LogP contribution in [-0.2, 0) is 61.4 Å². The van der Waals surface area contributed by atoms with Gasteiger partial charge in [-0.2, -0.15) is 0 Å². The summed E-state index contributed by atoms with van der Waals surface area (Å²) in [6.07, 6.45) is -6.80. The maximum Gasteiger partial charge on any atom is 0.242 e. The molecule has 1 rings (SSSR count). The van der Waals surface area contributed by atoms with Gasteiger partial charge in [-0.25, -0.2) is 0 Å². The van der Waals surface area contributed by atoms with Crippen LogP contribution < -0.4 is 16.0 Å². The van der Waals surface area contributed by atoms with Crippen molar-refractivity contribution >= 4 is 23.6 Å². The predicted octanol–water partition coefficient (Wildman–Crippen LogP) is -4.09. The summed E-state index contributed by atoms with van der Waals surface area (Å²) >= 11 is 0. The van der Waals surface area contributed by atoms with E-state index in [9.17, 15) is 65.1 Å². The number of rotatable bonds is 36. The van der Waals surface area contributed by atoms with Crippen molar-refractivity contribution in [1.29, 1.82) is 0 Å². The molecule has 0 spiro atoms. The van der Waals surface area contributed by atoms with Gasteiger partial charge in [0.05, 0.1) is 39.1 Å². The van der Waals surface area contributed by atoms with Crippen LogP contribution in [0.25, 0.3) is 0 Å². The standard InChI is InChI=1S/C40H76N4O17.Y/c1-26-19-27(21-45)44(20-26)35(54)14-3-2-7-16-42-40(59)28(43-34(53)13-6-10-18-61-25-32(51)39(58)37(56)30(49)23-47)11-4-8-15-41-33(52)12-5-9-17-60-24-31(50)38(57)36(55)29(48)22-46;/h26-32,36-39,45-51,55-58H,2-25H2,1H3,(H,41,52)(H,42,59)(H,43,53);/t26-,27+,28+,29?,30?,31?,32?,36?,37?,38?,39?;/m1./s1. The second-order valence-corrected chi connectivity index (χ2v) is 16.0. The average molecular weight is 974 g/mol. The number of likely N-dealkylation sites (tertiary alicyclic amines) is 1. The Hall–Kier alpha value is -1.54. The summed E-state index contributed by atoms with van der Waals surface area (Å²) in [7, 11) is 0. The second kappa shape index (κ2) is 35.7. The maximum absolute atomic E-state index is 13.2. The molecule has 11 atom stereocenters. The van der Waals surface area contributed by atoms with E-state index in [4.69, 9.17) is 19.7 Å². The van der Waals surface area contributed by atoms with Crippen LogP contribution in [0.2, 0.25) is 0 Å². The molecular formula is C40H76N4O17Y. The van der Waals surface area contributed by atoms with E-state index >= 15 is 0 Å². The molecule has 4 amide bonds. The minimum atomic E-state index is -1.77. The molecule has 62 heavy (non-hydrogen) atoms. The predicted molar refractivity (Wildman–Crippen MR) is 218 cm³/mol. The summed E-state index contributed by atoms with van der Waals surface area (Å²) in [6, 6.07) is -0.978. The normalized spacial score (nSPS) is 19.6. The zero-order chi connectivity index (χ0) is 45.7. The number of unbranched alkanes of at least 4 members (excludes halogenated alkanes) is 5. The molecule has 8 unspecified atom stereocenters. The van der Waals surface area contributed by atoms with E-state index in [0.717, 1.165) is 6.42 Å². The number of hydrogen-bond acceptors (Lipinski definition) is 17. The van der Waals surface area contributed by atoms with Gasteiger partial charge in [0.15, 0.2) is 0 Å². The quantitative estimate of drug-likeness (QED) is 0.0266. The molecule has 21 nitrogen and oxygen atoms in total. The molecule has 1 aliphatic rings. The van der Waals surface area contributed by atoms with Gasteiger partial charge in [-0.1, -0.05) is 13.3 Å². The summed E-state index contributed by atoms with van der Waals surface area (Å²) in [6.45, 7) is 1.34. The van der Waals surface area contributed by atoms with Crippen molar-refractivity contribution in [3.63, 3.8) is 0 Å². The van der Waals surface area contributed by atoms with E-state index in [1.807, 2.05) is 0 Å². The first-order valence-electron chi connectivity index (χ1n) is 21.6. The molecule has 0 saturated carbocycles. The Kier molecular flexibility index (Phi) is 34.8. The fourth-order valence-electron chi connectivity index (χ4n) is 6.72. The molecule has 0 aliphatic carbocycles. The molecule has 0 aromatic heterocycles. The van der Waals surface area contributed by atoms with Gasteiger partial charge in [0.1, 0.15) is 54.9 Å². The monoisotopic (exact) mass is 973 g/mol. The summed E-state index contributed by atoms with van der Waals surface area (Å²) in [5, 5.41) is 114. The van der Waals surface area contributed by atoms with Crippen molar-refractivity contribution < 1.29 is 118 Å². The van der Waals surface area contributed by atoms with Gasteiger partial charge >= 0.3 is 0 Å². The van der Waals surface area contributed by atoms with Gasteiger partial charge < -0.3 is 86.5 Å². The fourth-order valence-corrected chi connectivity index (χ4v) is 6.72. The smallest absolute Gasteiger partial charge is 0.242 e. The van der Waals surface area contributed by atoms with E-state index < -0.39 is 68.1 Å². The Labute approximate surface area is 389 Å². The Morgan fingerprint density at radius 1 is 0.613 bits per heavy atom. The fraction of sp³-hybridized carbons (Fsp3) is 0.900. The van der Waals surface area contributed by atoms with Gasteiger partial charge in [0, 0.05) is 84.8 Å². The van der Waals surface area contributed by atoms with Gasteiger partial charge in [-0.15, -0.1) is 0 Å². The van der Waals surface area contributed by atoms with Crippen LogP contribution in [0.4, 0.5) is 0 Å². The molecule has 1 heterocycles. The average Bonchev–Trinajstić information content (AvgIpc) is 3.64. The van der Waals surface area contributed by atoms with Crippen LogP contribution in [0.15, 0.2) is 0 Å². The van der Waals surface area contributed by atoms with Crippen LogP contribution in [0.3, 0.4) is 0 Å². The second-order valence-electron chi connectivity index (χ2n) is 16.0. The largest absolute Gasteiger partial charge is 0.394 e. The third-order valence-corrected chi connectivity index (χ3v) is 10.5. The summed E-state index contributed by atoms with van der Waals surface area (Å²) < 4.78 is 10.6. The van der Waals surface area contributed by atoms with E-state index in [1.165, 1.54) is 0 Å².